The molecule has 0 aromatic rings. The van der Waals surface area contributed by atoms with Crippen LogP contribution in [0.5, 0.6) is 0 Å². The molecule has 0 bridgehead atoms. The molecule has 0 heterocycles. The van der Waals surface area contributed by atoms with Crippen molar-refractivity contribution in [3.63, 3.8) is 0 Å². The second-order valence-electron chi connectivity index (χ2n) is 6.51. The summed E-state index contributed by atoms with van der Waals surface area (Å²) in [6.07, 6.45) is 25.8. The van der Waals surface area contributed by atoms with Crippen molar-refractivity contribution < 1.29 is 68.9 Å². The molecular formula is C20H41Cs. The van der Waals surface area contributed by atoms with Gasteiger partial charge in [0.05, 0.1) is 0 Å². The van der Waals surface area contributed by atoms with Gasteiger partial charge in [0.15, 0.2) is 0 Å². The Morgan fingerprint density at radius 3 is 0.905 bits per heavy atom. The van der Waals surface area contributed by atoms with Crippen LogP contribution in [0.15, 0.2) is 0 Å². The van der Waals surface area contributed by atoms with E-state index >= 15 is 0 Å². The van der Waals surface area contributed by atoms with Gasteiger partial charge in [-0.15, -0.1) is 0 Å². The molecule has 122 valence electrons. The van der Waals surface area contributed by atoms with E-state index in [1.54, 1.807) is 0 Å². The Balaban J connectivity index is 0. The molecule has 0 fully saturated rings. The molecule has 21 heavy (non-hydrogen) atoms. The molecule has 0 aromatic heterocycles. The quantitative estimate of drug-likeness (QED) is 0.235. The molecule has 0 aliphatic heterocycles. The summed E-state index contributed by atoms with van der Waals surface area (Å²) in [5, 5.41) is 0. The van der Waals surface area contributed by atoms with E-state index < -0.39 is 0 Å². The van der Waals surface area contributed by atoms with Crippen molar-refractivity contribution in [2.75, 3.05) is 0 Å². The third kappa shape index (κ3) is 24.4. The third-order valence-corrected chi connectivity index (χ3v) is 4.35. The van der Waals surface area contributed by atoms with E-state index in [1.807, 2.05) is 0 Å². The van der Waals surface area contributed by atoms with Crippen molar-refractivity contribution in [1.82, 2.24) is 0 Å². The minimum atomic E-state index is 0. The average Bonchev–Trinajstić information content (AvgIpc) is 2.47. The van der Waals surface area contributed by atoms with Crippen LogP contribution in [0.1, 0.15) is 122 Å². The first kappa shape index (κ1) is 25.3. The first-order chi connectivity index (χ1) is 9.91. The van der Waals surface area contributed by atoms with Crippen LogP contribution in [0.3, 0.4) is 0 Å². The Labute approximate surface area is 195 Å². The van der Waals surface area contributed by atoms with Gasteiger partial charge in [-0.1, -0.05) is 116 Å². The fraction of sp³-hybridized carbons (Fsp3) is 0.950. The zero-order valence-corrected chi connectivity index (χ0v) is 21.7. The van der Waals surface area contributed by atoms with Crippen molar-refractivity contribution in [1.29, 1.82) is 0 Å². The fourth-order valence-electron chi connectivity index (χ4n) is 2.90. The van der Waals surface area contributed by atoms with E-state index in [9.17, 15) is 0 Å². The standard InChI is InChI=1S/C20H41.Cs/c1-3-5-7-9-11-13-15-17-19-20-18-16-14-12-10-8-6-4-2;/h1,3-20H2,2H3;/q-1;+1. The topological polar surface area (TPSA) is 0 Å². The van der Waals surface area contributed by atoms with Crippen molar-refractivity contribution in [3.05, 3.63) is 6.92 Å². The molecule has 0 spiro atoms. The Morgan fingerprint density at radius 1 is 0.429 bits per heavy atom. The van der Waals surface area contributed by atoms with Crippen molar-refractivity contribution in [2.45, 2.75) is 122 Å². The van der Waals surface area contributed by atoms with Gasteiger partial charge in [0, 0.05) is 0 Å². The number of hydrogen-bond donors (Lipinski definition) is 0. The predicted molar refractivity (Wildman–Crippen MR) is 94.1 cm³/mol. The van der Waals surface area contributed by atoms with Crippen LogP contribution < -0.4 is 68.9 Å². The van der Waals surface area contributed by atoms with E-state index in [-0.39, 0.29) is 68.9 Å². The predicted octanol–water partition coefficient (Wildman–Crippen LogP) is 4.87. The third-order valence-electron chi connectivity index (χ3n) is 4.35. The summed E-state index contributed by atoms with van der Waals surface area (Å²) < 4.78 is 0. The first-order valence-electron chi connectivity index (χ1n) is 9.71. The molecule has 0 aliphatic rings. The van der Waals surface area contributed by atoms with E-state index in [1.165, 1.54) is 109 Å². The van der Waals surface area contributed by atoms with Crippen LogP contribution in [-0.2, 0) is 0 Å². The molecule has 0 amide bonds. The molecular weight excluding hydrogens is 373 g/mol. The molecule has 0 rings (SSSR count). The Morgan fingerprint density at radius 2 is 0.667 bits per heavy atom. The molecule has 0 aliphatic carbocycles. The summed E-state index contributed by atoms with van der Waals surface area (Å²) in [5.41, 5.74) is 0. The van der Waals surface area contributed by atoms with Crippen molar-refractivity contribution >= 4 is 0 Å². The fourth-order valence-corrected chi connectivity index (χ4v) is 2.90. The number of rotatable bonds is 17. The van der Waals surface area contributed by atoms with Gasteiger partial charge >= 0.3 is 68.9 Å². The SMILES string of the molecule is [CH2-]CCCCCCCCCCCCCCCCCCC.[Cs+]. The summed E-state index contributed by atoms with van der Waals surface area (Å²) in [6, 6.07) is 0. The molecule has 0 nitrogen and oxygen atoms in total. The van der Waals surface area contributed by atoms with Gasteiger partial charge < -0.3 is 6.92 Å². The van der Waals surface area contributed by atoms with E-state index in [0.29, 0.717) is 0 Å². The van der Waals surface area contributed by atoms with E-state index in [0.717, 1.165) is 6.42 Å². The zero-order chi connectivity index (χ0) is 14.7. The van der Waals surface area contributed by atoms with Gasteiger partial charge in [0.1, 0.15) is 0 Å². The number of unbranched alkanes of at least 4 members (excludes halogenated alkanes) is 17. The molecule has 0 radical (unpaired) electrons. The van der Waals surface area contributed by atoms with Crippen LogP contribution in [0.25, 0.3) is 0 Å². The van der Waals surface area contributed by atoms with E-state index in [4.69, 9.17) is 0 Å². The van der Waals surface area contributed by atoms with Crippen LogP contribution in [-0.4, -0.2) is 0 Å². The van der Waals surface area contributed by atoms with Gasteiger partial charge in [0.2, 0.25) is 0 Å². The molecule has 0 saturated heterocycles. The molecule has 0 N–H and O–H groups in total. The largest absolute Gasteiger partial charge is 1.00 e. The Hall–Kier alpha value is 2.05. The van der Waals surface area contributed by atoms with E-state index in [2.05, 4.69) is 13.8 Å². The maximum Gasteiger partial charge on any atom is 1.00 e. The van der Waals surface area contributed by atoms with Gasteiger partial charge in [-0.2, -0.15) is 6.42 Å². The normalized spacial score (nSPS) is 10.6. The van der Waals surface area contributed by atoms with Crippen molar-refractivity contribution in [3.8, 4) is 0 Å². The minimum Gasteiger partial charge on any atom is -0.343 e. The Bertz CT molecular complexity index is 138. The smallest absolute Gasteiger partial charge is 0.343 e. The van der Waals surface area contributed by atoms with Crippen molar-refractivity contribution in [2.24, 2.45) is 0 Å². The van der Waals surface area contributed by atoms with Gasteiger partial charge in [0.25, 0.3) is 0 Å². The van der Waals surface area contributed by atoms with Crippen LogP contribution in [0.4, 0.5) is 0 Å². The zero-order valence-electron chi connectivity index (χ0n) is 15.4. The molecule has 0 saturated carbocycles. The minimum absolute atomic E-state index is 0. The van der Waals surface area contributed by atoms with Crippen LogP contribution in [0, 0.1) is 6.92 Å². The number of hydrogen-bond acceptors (Lipinski definition) is 0. The molecule has 0 aromatic carbocycles. The maximum absolute atomic E-state index is 3.89. The van der Waals surface area contributed by atoms with Crippen LogP contribution in [0.2, 0.25) is 0 Å². The molecule has 0 atom stereocenters. The summed E-state index contributed by atoms with van der Waals surface area (Å²) in [5.74, 6) is 0. The first-order valence-corrected chi connectivity index (χ1v) is 9.71. The maximum atomic E-state index is 3.89. The van der Waals surface area contributed by atoms with Gasteiger partial charge in [-0.05, 0) is 0 Å². The average molecular weight is 414 g/mol. The summed E-state index contributed by atoms with van der Waals surface area (Å²) in [4.78, 5) is 0. The monoisotopic (exact) mass is 414 g/mol. The van der Waals surface area contributed by atoms with Crippen LogP contribution >= 0.6 is 0 Å². The molecule has 0 unspecified atom stereocenters. The summed E-state index contributed by atoms with van der Waals surface area (Å²) in [6.45, 7) is 6.19. The second-order valence-corrected chi connectivity index (χ2v) is 6.51. The van der Waals surface area contributed by atoms with Gasteiger partial charge in [-0.3, -0.25) is 0 Å². The van der Waals surface area contributed by atoms with Gasteiger partial charge in [-0.25, -0.2) is 0 Å². The second kappa shape index (κ2) is 24.3. The summed E-state index contributed by atoms with van der Waals surface area (Å²) in [7, 11) is 0. The Kier molecular flexibility index (Phi) is 29.3. The molecule has 1 heteroatoms. The summed E-state index contributed by atoms with van der Waals surface area (Å²) >= 11 is 0.